The Hall–Kier alpha value is -0.601. The molecule has 0 aromatic heterocycles. The zero-order valence-electron chi connectivity index (χ0n) is 8.02. The SMILES string of the molecule is CCOC(=O)C=CC(C)C.[C]=O.[Fe]. The van der Waals surface area contributed by atoms with Crippen LogP contribution in [-0.2, 0) is 31.4 Å². The molecule has 0 heterocycles. The van der Waals surface area contributed by atoms with E-state index in [-0.39, 0.29) is 23.0 Å². The number of hydrogen-bond donors (Lipinski definition) is 0. The molecule has 0 aromatic carbocycles. The monoisotopic (exact) mass is 226 g/mol. The molecule has 0 aliphatic rings. The summed E-state index contributed by atoms with van der Waals surface area (Å²) in [5, 5.41) is 0. The predicted molar refractivity (Wildman–Crippen MR) is 46.3 cm³/mol. The number of carbonyl (C=O) groups excluding carboxylic acids is 2. The standard InChI is InChI=1S/C8H14O2.CO.Fe/c1-4-10-8(9)6-5-7(2)3;1-2;/h5-7H,4H2,1-3H3;;. The third-order valence-corrected chi connectivity index (χ3v) is 0.904. The van der Waals surface area contributed by atoms with Crippen molar-refractivity contribution in [1.29, 1.82) is 0 Å². The van der Waals surface area contributed by atoms with Crippen LogP contribution in [0.4, 0.5) is 0 Å². The third-order valence-electron chi connectivity index (χ3n) is 0.904. The zero-order valence-corrected chi connectivity index (χ0v) is 9.12. The van der Waals surface area contributed by atoms with Gasteiger partial charge in [-0.3, -0.25) is 4.79 Å². The molecular weight excluding hydrogens is 212 g/mol. The molecule has 0 amide bonds. The van der Waals surface area contributed by atoms with Gasteiger partial charge in [-0.15, -0.1) is 0 Å². The summed E-state index contributed by atoms with van der Waals surface area (Å²) in [6, 6.07) is 0. The molecule has 0 aliphatic heterocycles. The van der Waals surface area contributed by atoms with Gasteiger partial charge in [-0.2, -0.15) is 0 Å². The predicted octanol–water partition coefficient (Wildman–Crippen LogP) is 1.36. The summed E-state index contributed by atoms with van der Waals surface area (Å²) in [5.41, 5.74) is 0. The van der Waals surface area contributed by atoms with Gasteiger partial charge in [0.25, 0.3) is 6.79 Å². The van der Waals surface area contributed by atoms with Gasteiger partial charge in [0.1, 0.15) is 0 Å². The number of ether oxygens (including phenoxy) is 1. The largest absolute Gasteiger partial charge is 0.463 e. The van der Waals surface area contributed by atoms with Crippen molar-refractivity contribution in [2.75, 3.05) is 6.61 Å². The van der Waals surface area contributed by atoms with Crippen molar-refractivity contribution in [1.82, 2.24) is 0 Å². The van der Waals surface area contributed by atoms with Crippen molar-refractivity contribution >= 4 is 12.8 Å². The molecule has 3 nitrogen and oxygen atoms in total. The minimum absolute atomic E-state index is 0. The molecule has 0 rings (SSSR count). The topological polar surface area (TPSA) is 43.4 Å². The fourth-order valence-corrected chi connectivity index (χ4v) is 0.461. The van der Waals surface area contributed by atoms with Crippen LogP contribution >= 0.6 is 0 Å². The summed E-state index contributed by atoms with van der Waals surface area (Å²) in [6.45, 7) is 10.8. The molecule has 0 bridgehead atoms. The molecular formula is C9H14FeO3. The summed E-state index contributed by atoms with van der Waals surface area (Å²) in [7, 11) is 0. The Kier molecular flexibility index (Phi) is 19.6. The van der Waals surface area contributed by atoms with E-state index in [1.165, 1.54) is 6.08 Å². The van der Waals surface area contributed by atoms with Gasteiger partial charge in [-0.1, -0.05) is 19.9 Å². The van der Waals surface area contributed by atoms with Crippen LogP contribution in [0.1, 0.15) is 20.8 Å². The number of esters is 1. The first-order chi connectivity index (χ1) is 5.66. The van der Waals surface area contributed by atoms with Crippen molar-refractivity contribution in [3.8, 4) is 0 Å². The Morgan fingerprint density at radius 2 is 1.92 bits per heavy atom. The molecule has 4 heteroatoms. The van der Waals surface area contributed by atoms with E-state index in [2.05, 4.69) is 11.5 Å². The average molecular weight is 226 g/mol. The number of carbonyl (C=O) groups is 1. The van der Waals surface area contributed by atoms with Gasteiger partial charge in [0.15, 0.2) is 0 Å². The van der Waals surface area contributed by atoms with E-state index in [4.69, 9.17) is 4.79 Å². The molecule has 0 N–H and O–H groups in total. The first-order valence-electron chi connectivity index (χ1n) is 3.72. The molecule has 0 spiro atoms. The van der Waals surface area contributed by atoms with E-state index in [9.17, 15) is 4.79 Å². The minimum Gasteiger partial charge on any atom is -0.463 e. The van der Waals surface area contributed by atoms with Crippen LogP contribution in [-0.4, -0.2) is 19.4 Å². The van der Waals surface area contributed by atoms with Crippen molar-refractivity contribution in [2.45, 2.75) is 20.8 Å². The van der Waals surface area contributed by atoms with Crippen molar-refractivity contribution in [3.63, 3.8) is 0 Å². The number of rotatable bonds is 3. The fourth-order valence-electron chi connectivity index (χ4n) is 0.461. The molecule has 76 valence electrons. The second-order valence-electron chi connectivity index (χ2n) is 2.36. The Balaban J connectivity index is -0.000000309. The molecule has 2 radical (unpaired) electrons. The average Bonchev–Trinajstić information content (AvgIpc) is 2.05. The summed E-state index contributed by atoms with van der Waals surface area (Å²) in [5.74, 6) is 0.153. The normalized spacial score (nSPS) is 8.62. The minimum atomic E-state index is -0.254. The van der Waals surface area contributed by atoms with Crippen LogP contribution in [0.3, 0.4) is 0 Å². The van der Waals surface area contributed by atoms with E-state index in [1.807, 2.05) is 19.9 Å². The van der Waals surface area contributed by atoms with Crippen LogP contribution in [0.25, 0.3) is 0 Å². The first-order valence-corrected chi connectivity index (χ1v) is 3.72. The Morgan fingerprint density at radius 3 is 2.23 bits per heavy atom. The van der Waals surface area contributed by atoms with E-state index in [0.717, 1.165) is 0 Å². The van der Waals surface area contributed by atoms with Gasteiger partial charge in [0.2, 0.25) is 0 Å². The van der Waals surface area contributed by atoms with Gasteiger partial charge in [-0.25, -0.2) is 4.79 Å². The Morgan fingerprint density at radius 1 is 1.46 bits per heavy atom. The van der Waals surface area contributed by atoms with Gasteiger partial charge < -0.3 is 4.74 Å². The Bertz CT molecular complexity index is 144. The van der Waals surface area contributed by atoms with Crippen molar-refractivity contribution in [2.24, 2.45) is 5.92 Å². The fraction of sp³-hybridized carbons (Fsp3) is 0.556. The maximum atomic E-state index is 10.6. The molecule has 0 saturated heterocycles. The van der Waals surface area contributed by atoms with E-state index in [1.54, 1.807) is 6.92 Å². The molecule has 0 atom stereocenters. The summed E-state index contributed by atoms with van der Waals surface area (Å²) < 4.78 is 4.67. The summed E-state index contributed by atoms with van der Waals surface area (Å²) >= 11 is 0. The maximum Gasteiger partial charge on any atom is 0.330 e. The number of allylic oxidation sites excluding steroid dienone is 1. The first kappa shape index (κ1) is 18.2. The third kappa shape index (κ3) is 18.4. The van der Waals surface area contributed by atoms with Gasteiger partial charge in [-0.05, 0) is 12.8 Å². The van der Waals surface area contributed by atoms with Crippen LogP contribution in [0, 0.1) is 5.92 Å². The van der Waals surface area contributed by atoms with Gasteiger partial charge >= 0.3 is 5.97 Å². The van der Waals surface area contributed by atoms with E-state index >= 15 is 0 Å². The Labute approximate surface area is 90.0 Å². The smallest absolute Gasteiger partial charge is 0.330 e. The molecule has 13 heavy (non-hydrogen) atoms. The quantitative estimate of drug-likeness (QED) is 0.414. The molecule has 0 unspecified atom stereocenters. The van der Waals surface area contributed by atoms with Crippen LogP contribution in [0.2, 0.25) is 0 Å². The van der Waals surface area contributed by atoms with Crippen LogP contribution in [0.15, 0.2) is 12.2 Å². The zero-order chi connectivity index (χ0) is 9.98. The maximum absolute atomic E-state index is 10.6. The molecule has 0 aromatic rings. The molecule has 0 saturated carbocycles. The van der Waals surface area contributed by atoms with Gasteiger partial charge in [0, 0.05) is 23.1 Å². The number of hydrogen-bond acceptors (Lipinski definition) is 3. The van der Waals surface area contributed by atoms with Crippen molar-refractivity contribution < 1.29 is 31.4 Å². The second kappa shape index (κ2) is 14.0. The van der Waals surface area contributed by atoms with Crippen molar-refractivity contribution in [3.05, 3.63) is 12.2 Å². The van der Waals surface area contributed by atoms with Crippen LogP contribution < -0.4 is 0 Å². The molecule has 0 fully saturated rings. The summed E-state index contributed by atoms with van der Waals surface area (Å²) in [6.07, 6.45) is 3.28. The van der Waals surface area contributed by atoms with Crippen LogP contribution in [0.5, 0.6) is 0 Å². The van der Waals surface area contributed by atoms with Gasteiger partial charge in [0.05, 0.1) is 6.61 Å². The van der Waals surface area contributed by atoms with E-state index < -0.39 is 0 Å². The second-order valence-corrected chi connectivity index (χ2v) is 2.36. The molecule has 0 aliphatic carbocycles. The summed E-state index contributed by atoms with van der Waals surface area (Å²) in [4.78, 5) is 18.1. The van der Waals surface area contributed by atoms with E-state index in [0.29, 0.717) is 12.5 Å².